The van der Waals surface area contributed by atoms with Crippen molar-refractivity contribution in [2.24, 2.45) is 35.3 Å². The molecule has 1 heterocycles. The van der Waals surface area contributed by atoms with E-state index in [9.17, 15) is 0 Å². The maximum atomic E-state index is 5.98. The molecule has 0 aromatic carbocycles. The summed E-state index contributed by atoms with van der Waals surface area (Å²) in [7, 11) is 0. The Morgan fingerprint density at radius 2 is 2.06 bits per heavy atom. The van der Waals surface area contributed by atoms with Crippen LogP contribution in [-0.4, -0.2) is 19.8 Å². The molecule has 2 aliphatic rings. The Morgan fingerprint density at radius 3 is 2.65 bits per heavy atom. The summed E-state index contributed by atoms with van der Waals surface area (Å²) < 4.78 is 5.68. The summed E-state index contributed by atoms with van der Waals surface area (Å²) in [6.45, 7) is 7.60. The molecule has 1 saturated carbocycles. The fourth-order valence-electron chi connectivity index (χ4n) is 3.88. The standard InChI is InChI=1S/C15H29NO/c1-11(2)12-5-6-13(9-16)15(8-12)14-4-3-7-17-10-14/h11-15H,3-10,16H2,1-2H3. The first-order valence-corrected chi connectivity index (χ1v) is 7.50. The highest BCUT2D eigenvalue weighted by Crippen LogP contribution is 2.42. The zero-order chi connectivity index (χ0) is 12.3. The van der Waals surface area contributed by atoms with Crippen LogP contribution in [0.2, 0.25) is 0 Å². The Morgan fingerprint density at radius 1 is 1.24 bits per heavy atom. The summed E-state index contributed by atoms with van der Waals surface area (Å²) in [5.74, 6) is 4.14. The molecule has 4 atom stereocenters. The molecule has 100 valence electrons. The summed E-state index contributed by atoms with van der Waals surface area (Å²) in [6, 6.07) is 0. The van der Waals surface area contributed by atoms with E-state index in [2.05, 4.69) is 13.8 Å². The largest absolute Gasteiger partial charge is 0.381 e. The van der Waals surface area contributed by atoms with E-state index in [1.54, 1.807) is 0 Å². The molecule has 0 radical (unpaired) electrons. The van der Waals surface area contributed by atoms with E-state index in [-0.39, 0.29) is 0 Å². The van der Waals surface area contributed by atoms with Gasteiger partial charge in [-0.2, -0.15) is 0 Å². The lowest BCUT2D eigenvalue weighted by Crippen LogP contribution is -2.39. The highest BCUT2D eigenvalue weighted by Gasteiger charge is 2.36. The highest BCUT2D eigenvalue weighted by atomic mass is 16.5. The predicted molar refractivity (Wildman–Crippen MR) is 71.8 cm³/mol. The van der Waals surface area contributed by atoms with Gasteiger partial charge in [0, 0.05) is 13.2 Å². The van der Waals surface area contributed by atoms with Gasteiger partial charge in [0.15, 0.2) is 0 Å². The van der Waals surface area contributed by atoms with Crippen molar-refractivity contribution in [3.63, 3.8) is 0 Å². The van der Waals surface area contributed by atoms with Gasteiger partial charge in [0.2, 0.25) is 0 Å². The monoisotopic (exact) mass is 239 g/mol. The van der Waals surface area contributed by atoms with E-state index in [1.807, 2.05) is 0 Å². The number of hydrogen-bond acceptors (Lipinski definition) is 2. The Labute approximate surface area is 106 Å². The van der Waals surface area contributed by atoms with Crippen LogP contribution >= 0.6 is 0 Å². The van der Waals surface area contributed by atoms with Crippen molar-refractivity contribution in [3.8, 4) is 0 Å². The van der Waals surface area contributed by atoms with Crippen LogP contribution in [-0.2, 0) is 4.74 Å². The molecule has 0 amide bonds. The van der Waals surface area contributed by atoms with Crippen molar-refractivity contribution < 1.29 is 4.74 Å². The van der Waals surface area contributed by atoms with Gasteiger partial charge in [-0.3, -0.25) is 0 Å². The summed E-state index contributed by atoms with van der Waals surface area (Å²) >= 11 is 0. The molecule has 0 aromatic rings. The minimum atomic E-state index is 0.761. The Bertz CT molecular complexity index is 223. The summed E-state index contributed by atoms with van der Waals surface area (Å²) in [5.41, 5.74) is 5.98. The van der Waals surface area contributed by atoms with Crippen LogP contribution in [0.3, 0.4) is 0 Å². The molecule has 1 aliphatic carbocycles. The maximum absolute atomic E-state index is 5.98. The molecule has 2 rings (SSSR count). The molecular formula is C15H29NO. The Balaban J connectivity index is 1.98. The number of rotatable bonds is 3. The van der Waals surface area contributed by atoms with Crippen LogP contribution in [0, 0.1) is 29.6 Å². The first-order chi connectivity index (χ1) is 8.22. The van der Waals surface area contributed by atoms with Gasteiger partial charge >= 0.3 is 0 Å². The quantitative estimate of drug-likeness (QED) is 0.821. The minimum absolute atomic E-state index is 0.761. The molecule has 17 heavy (non-hydrogen) atoms. The molecule has 2 heteroatoms. The molecule has 0 bridgehead atoms. The average Bonchev–Trinajstić information content (AvgIpc) is 2.39. The summed E-state index contributed by atoms with van der Waals surface area (Å²) in [6.07, 6.45) is 6.76. The van der Waals surface area contributed by atoms with Crippen molar-refractivity contribution in [3.05, 3.63) is 0 Å². The third-order valence-corrected chi connectivity index (χ3v) is 5.14. The Hall–Kier alpha value is -0.0800. The van der Waals surface area contributed by atoms with E-state index in [1.165, 1.54) is 32.1 Å². The molecule has 2 fully saturated rings. The topological polar surface area (TPSA) is 35.2 Å². The summed E-state index contributed by atoms with van der Waals surface area (Å²) in [4.78, 5) is 0. The van der Waals surface area contributed by atoms with Crippen LogP contribution in [0.15, 0.2) is 0 Å². The molecule has 4 unspecified atom stereocenters. The van der Waals surface area contributed by atoms with Crippen LogP contribution < -0.4 is 5.73 Å². The van der Waals surface area contributed by atoms with Gasteiger partial charge in [-0.25, -0.2) is 0 Å². The van der Waals surface area contributed by atoms with E-state index >= 15 is 0 Å². The van der Waals surface area contributed by atoms with Gasteiger partial charge in [-0.15, -0.1) is 0 Å². The van der Waals surface area contributed by atoms with E-state index in [0.717, 1.165) is 49.3 Å². The SMILES string of the molecule is CC(C)C1CCC(CN)C(C2CCCOC2)C1. The second-order valence-corrected chi connectivity index (χ2v) is 6.45. The van der Waals surface area contributed by atoms with Gasteiger partial charge in [0.25, 0.3) is 0 Å². The van der Waals surface area contributed by atoms with Crippen molar-refractivity contribution in [1.82, 2.24) is 0 Å². The summed E-state index contributed by atoms with van der Waals surface area (Å²) in [5, 5.41) is 0. The lowest BCUT2D eigenvalue weighted by atomic mass is 9.65. The first kappa shape index (κ1) is 13.4. The molecule has 1 aliphatic heterocycles. The third-order valence-electron chi connectivity index (χ3n) is 5.14. The van der Waals surface area contributed by atoms with Crippen LogP contribution in [0.1, 0.15) is 46.0 Å². The van der Waals surface area contributed by atoms with Crippen LogP contribution in [0.4, 0.5) is 0 Å². The second-order valence-electron chi connectivity index (χ2n) is 6.45. The van der Waals surface area contributed by atoms with Crippen molar-refractivity contribution in [2.75, 3.05) is 19.8 Å². The fourth-order valence-corrected chi connectivity index (χ4v) is 3.88. The van der Waals surface area contributed by atoms with E-state index < -0.39 is 0 Å². The molecule has 2 nitrogen and oxygen atoms in total. The van der Waals surface area contributed by atoms with Gasteiger partial charge in [-0.05, 0) is 68.2 Å². The van der Waals surface area contributed by atoms with Crippen molar-refractivity contribution >= 4 is 0 Å². The van der Waals surface area contributed by atoms with Crippen LogP contribution in [0.25, 0.3) is 0 Å². The van der Waals surface area contributed by atoms with Crippen molar-refractivity contribution in [1.29, 1.82) is 0 Å². The fraction of sp³-hybridized carbons (Fsp3) is 1.00. The van der Waals surface area contributed by atoms with Gasteiger partial charge in [0.1, 0.15) is 0 Å². The normalized spacial score (nSPS) is 39.5. The van der Waals surface area contributed by atoms with Gasteiger partial charge in [0.05, 0.1) is 0 Å². The van der Waals surface area contributed by atoms with Gasteiger partial charge < -0.3 is 10.5 Å². The smallest absolute Gasteiger partial charge is 0.0497 e. The number of nitrogens with two attached hydrogens (primary N) is 1. The minimum Gasteiger partial charge on any atom is -0.381 e. The maximum Gasteiger partial charge on any atom is 0.0497 e. The first-order valence-electron chi connectivity index (χ1n) is 7.50. The Kier molecular flexibility index (Phi) is 4.87. The van der Waals surface area contributed by atoms with Crippen LogP contribution in [0.5, 0.6) is 0 Å². The molecule has 1 saturated heterocycles. The van der Waals surface area contributed by atoms with Gasteiger partial charge in [-0.1, -0.05) is 13.8 Å². The molecule has 0 aromatic heterocycles. The third kappa shape index (κ3) is 3.23. The second kappa shape index (κ2) is 6.19. The lowest BCUT2D eigenvalue weighted by Gasteiger charge is -2.42. The lowest BCUT2D eigenvalue weighted by molar-refractivity contribution is -0.00554. The molecular weight excluding hydrogens is 210 g/mol. The molecule has 2 N–H and O–H groups in total. The van der Waals surface area contributed by atoms with Crippen molar-refractivity contribution in [2.45, 2.75) is 46.0 Å². The zero-order valence-corrected chi connectivity index (χ0v) is 11.5. The van der Waals surface area contributed by atoms with E-state index in [0.29, 0.717) is 0 Å². The van der Waals surface area contributed by atoms with E-state index in [4.69, 9.17) is 10.5 Å². The number of hydrogen-bond donors (Lipinski definition) is 1. The zero-order valence-electron chi connectivity index (χ0n) is 11.5. The molecule has 0 spiro atoms. The predicted octanol–water partition coefficient (Wildman–Crippen LogP) is 3.06. The average molecular weight is 239 g/mol. The number of ether oxygens (including phenoxy) is 1. The highest BCUT2D eigenvalue weighted by molar-refractivity contribution is 4.86.